The zero-order chi connectivity index (χ0) is 17.5. The molecule has 0 aliphatic rings. The molecule has 0 radical (unpaired) electrons. The summed E-state index contributed by atoms with van der Waals surface area (Å²) in [7, 11) is 0. The van der Waals surface area contributed by atoms with Gasteiger partial charge in [-0.1, -0.05) is 42.5 Å². The highest BCUT2D eigenvalue weighted by atomic mass is 16.3. The van der Waals surface area contributed by atoms with Gasteiger partial charge in [0.25, 0.3) is 5.91 Å². The maximum Gasteiger partial charge on any atom is 0.254 e. The van der Waals surface area contributed by atoms with Crippen LogP contribution < -0.4 is 0 Å². The number of benzene rings is 2. The minimum Gasteiger partial charge on any atom is -0.467 e. The average Bonchev–Trinajstić information content (AvgIpc) is 3.18. The molecule has 0 aliphatic heterocycles. The maximum atomic E-state index is 12.8. The van der Waals surface area contributed by atoms with E-state index in [9.17, 15) is 4.79 Å². The first-order valence-corrected chi connectivity index (χ1v) is 8.12. The minimum absolute atomic E-state index is 0.105. The van der Waals surface area contributed by atoms with Crippen molar-refractivity contribution in [3.05, 3.63) is 84.3 Å². The Morgan fingerprint density at radius 2 is 1.68 bits per heavy atom. The molecular weight excluding hydrogens is 312 g/mol. The van der Waals surface area contributed by atoms with Gasteiger partial charge in [-0.3, -0.25) is 4.79 Å². The normalized spacial score (nSPS) is 10.2. The summed E-state index contributed by atoms with van der Waals surface area (Å²) in [4.78, 5) is 14.4. The number of nitrogens with zero attached hydrogens (tertiary/aromatic N) is 2. The smallest absolute Gasteiger partial charge is 0.254 e. The minimum atomic E-state index is -0.105. The topological polar surface area (TPSA) is 57.2 Å². The van der Waals surface area contributed by atoms with Crippen molar-refractivity contribution >= 4 is 5.91 Å². The van der Waals surface area contributed by atoms with Crippen LogP contribution in [0.3, 0.4) is 0 Å². The Labute approximate surface area is 146 Å². The van der Waals surface area contributed by atoms with Gasteiger partial charge < -0.3 is 9.32 Å². The Hall–Kier alpha value is -3.32. The first-order valence-electron chi connectivity index (χ1n) is 8.12. The van der Waals surface area contributed by atoms with Gasteiger partial charge >= 0.3 is 0 Å². The molecule has 1 heterocycles. The number of carbonyl (C=O) groups excluding carboxylic acids is 1. The Kier molecular flexibility index (Phi) is 5.28. The summed E-state index contributed by atoms with van der Waals surface area (Å²) in [5.74, 6) is 0.596. The SMILES string of the molecule is N#CCCN(Cc1ccco1)C(=O)c1ccc(-c2ccccc2)cc1. The van der Waals surface area contributed by atoms with Crippen molar-refractivity contribution in [1.82, 2.24) is 4.90 Å². The zero-order valence-corrected chi connectivity index (χ0v) is 13.8. The van der Waals surface area contributed by atoms with E-state index in [1.54, 1.807) is 17.2 Å². The van der Waals surface area contributed by atoms with Gasteiger partial charge in [0.2, 0.25) is 0 Å². The van der Waals surface area contributed by atoms with Crippen LogP contribution in [-0.4, -0.2) is 17.4 Å². The Balaban J connectivity index is 1.78. The van der Waals surface area contributed by atoms with Crippen LogP contribution in [0.15, 0.2) is 77.4 Å². The fraction of sp³-hybridized carbons (Fsp3) is 0.143. The van der Waals surface area contributed by atoms with E-state index in [1.165, 1.54) is 0 Å². The molecule has 0 bridgehead atoms. The first-order chi connectivity index (χ1) is 12.3. The summed E-state index contributed by atoms with van der Waals surface area (Å²) in [6, 6.07) is 23.3. The standard InChI is InChI=1S/C21H18N2O2/c22-13-5-14-23(16-20-8-4-15-25-20)21(24)19-11-9-18(10-12-19)17-6-2-1-3-7-17/h1-4,6-12,15H,5,14,16H2. The first kappa shape index (κ1) is 16.5. The summed E-state index contributed by atoms with van der Waals surface area (Å²) in [5.41, 5.74) is 2.77. The number of carbonyl (C=O) groups is 1. The Bertz CT molecular complexity index is 847. The van der Waals surface area contributed by atoms with Gasteiger partial charge in [0, 0.05) is 12.1 Å². The Morgan fingerprint density at radius 1 is 0.960 bits per heavy atom. The average molecular weight is 330 g/mol. The highest BCUT2D eigenvalue weighted by Crippen LogP contribution is 2.20. The summed E-state index contributed by atoms with van der Waals surface area (Å²) in [5, 5.41) is 8.84. The van der Waals surface area contributed by atoms with Gasteiger partial charge in [0.15, 0.2) is 0 Å². The summed E-state index contributed by atoms with van der Waals surface area (Å²) >= 11 is 0. The molecule has 0 spiro atoms. The van der Waals surface area contributed by atoms with Crippen molar-refractivity contribution in [2.24, 2.45) is 0 Å². The molecule has 0 saturated carbocycles. The molecule has 124 valence electrons. The third-order valence-corrected chi connectivity index (χ3v) is 3.95. The monoisotopic (exact) mass is 330 g/mol. The number of hydrogen-bond donors (Lipinski definition) is 0. The van der Waals surface area contributed by atoms with Crippen LogP contribution in [0.25, 0.3) is 11.1 Å². The molecule has 4 heteroatoms. The highest BCUT2D eigenvalue weighted by molar-refractivity contribution is 5.94. The largest absolute Gasteiger partial charge is 0.467 e. The van der Waals surface area contributed by atoms with Crippen molar-refractivity contribution < 1.29 is 9.21 Å². The molecule has 1 amide bonds. The lowest BCUT2D eigenvalue weighted by Crippen LogP contribution is -2.31. The van der Waals surface area contributed by atoms with Crippen LogP contribution in [0.1, 0.15) is 22.5 Å². The molecule has 0 unspecified atom stereocenters. The van der Waals surface area contributed by atoms with Crippen LogP contribution >= 0.6 is 0 Å². The van der Waals surface area contributed by atoms with Crippen LogP contribution in [0.2, 0.25) is 0 Å². The van der Waals surface area contributed by atoms with Crippen LogP contribution in [0.5, 0.6) is 0 Å². The quantitative estimate of drug-likeness (QED) is 0.668. The molecular formula is C21H18N2O2. The van der Waals surface area contributed by atoms with E-state index >= 15 is 0 Å². The second kappa shape index (κ2) is 7.98. The molecule has 2 aromatic carbocycles. The molecule has 0 atom stereocenters. The molecule has 0 saturated heterocycles. The lowest BCUT2D eigenvalue weighted by molar-refractivity contribution is 0.0735. The molecule has 3 rings (SSSR count). The van der Waals surface area contributed by atoms with Gasteiger partial charge in [0.05, 0.1) is 25.3 Å². The number of rotatable bonds is 6. The van der Waals surface area contributed by atoms with Crippen molar-refractivity contribution in [2.45, 2.75) is 13.0 Å². The van der Waals surface area contributed by atoms with Crippen molar-refractivity contribution in [2.75, 3.05) is 6.54 Å². The Morgan fingerprint density at radius 3 is 2.32 bits per heavy atom. The fourth-order valence-corrected chi connectivity index (χ4v) is 2.65. The zero-order valence-electron chi connectivity index (χ0n) is 13.8. The highest BCUT2D eigenvalue weighted by Gasteiger charge is 2.17. The van der Waals surface area contributed by atoms with E-state index in [4.69, 9.17) is 9.68 Å². The van der Waals surface area contributed by atoms with E-state index in [1.807, 2.05) is 60.7 Å². The predicted molar refractivity (Wildman–Crippen MR) is 95.6 cm³/mol. The molecule has 1 aromatic heterocycles. The number of hydrogen-bond acceptors (Lipinski definition) is 3. The molecule has 3 aromatic rings. The molecule has 4 nitrogen and oxygen atoms in total. The summed E-state index contributed by atoms with van der Waals surface area (Å²) in [6.45, 7) is 0.727. The van der Waals surface area contributed by atoms with E-state index in [-0.39, 0.29) is 12.3 Å². The molecule has 0 aliphatic carbocycles. The predicted octanol–water partition coefficient (Wildman–Crippen LogP) is 4.50. The van der Waals surface area contributed by atoms with E-state index in [0.717, 1.165) is 11.1 Å². The number of furan rings is 1. The van der Waals surface area contributed by atoms with E-state index in [0.29, 0.717) is 24.4 Å². The second-order valence-corrected chi connectivity index (χ2v) is 5.66. The maximum absolute atomic E-state index is 12.8. The molecule has 25 heavy (non-hydrogen) atoms. The number of nitriles is 1. The van der Waals surface area contributed by atoms with E-state index in [2.05, 4.69) is 6.07 Å². The molecule has 0 fully saturated rings. The molecule has 0 N–H and O–H groups in total. The third-order valence-electron chi connectivity index (χ3n) is 3.95. The van der Waals surface area contributed by atoms with Gasteiger partial charge in [-0.15, -0.1) is 0 Å². The summed E-state index contributed by atoms with van der Waals surface area (Å²) < 4.78 is 5.33. The lowest BCUT2D eigenvalue weighted by atomic mass is 10.0. The summed E-state index contributed by atoms with van der Waals surface area (Å²) in [6.07, 6.45) is 1.87. The van der Waals surface area contributed by atoms with Crippen molar-refractivity contribution in [3.8, 4) is 17.2 Å². The van der Waals surface area contributed by atoms with Crippen molar-refractivity contribution in [3.63, 3.8) is 0 Å². The van der Waals surface area contributed by atoms with Crippen LogP contribution in [0.4, 0.5) is 0 Å². The number of amides is 1. The fourth-order valence-electron chi connectivity index (χ4n) is 2.65. The van der Waals surface area contributed by atoms with Gasteiger partial charge in [0.1, 0.15) is 5.76 Å². The van der Waals surface area contributed by atoms with Gasteiger partial charge in [-0.25, -0.2) is 0 Å². The second-order valence-electron chi connectivity index (χ2n) is 5.66. The van der Waals surface area contributed by atoms with Gasteiger partial charge in [-0.05, 0) is 35.4 Å². The van der Waals surface area contributed by atoms with E-state index < -0.39 is 0 Å². The van der Waals surface area contributed by atoms with Gasteiger partial charge in [-0.2, -0.15) is 5.26 Å². The van der Waals surface area contributed by atoms with Crippen molar-refractivity contribution in [1.29, 1.82) is 5.26 Å². The van der Waals surface area contributed by atoms with Crippen LogP contribution in [0, 0.1) is 11.3 Å². The lowest BCUT2D eigenvalue weighted by Gasteiger charge is -2.20. The third kappa shape index (κ3) is 4.15. The van der Waals surface area contributed by atoms with Crippen LogP contribution in [-0.2, 0) is 6.54 Å².